The number of aromatic nitrogens is 3. The summed E-state index contributed by atoms with van der Waals surface area (Å²) in [5.74, 6) is -0.289. The highest BCUT2D eigenvalue weighted by Gasteiger charge is 2.14. The minimum absolute atomic E-state index is 0.140. The lowest BCUT2D eigenvalue weighted by atomic mass is 10.1. The Labute approximate surface area is 114 Å². The Kier molecular flexibility index (Phi) is 4.06. The average Bonchev–Trinajstić information content (AvgIpc) is 2.65. The Morgan fingerprint density at radius 1 is 1.58 bits per heavy atom. The maximum atomic E-state index is 13.9. The summed E-state index contributed by atoms with van der Waals surface area (Å²) in [6.45, 7) is 1.82. The van der Waals surface area contributed by atoms with Gasteiger partial charge in [-0.1, -0.05) is 6.07 Å². The molecule has 0 fully saturated rings. The van der Waals surface area contributed by atoms with Crippen LogP contribution in [0.5, 0.6) is 0 Å². The van der Waals surface area contributed by atoms with Crippen molar-refractivity contribution < 1.29 is 4.39 Å². The van der Waals surface area contributed by atoms with Gasteiger partial charge in [0.15, 0.2) is 5.16 Å². The van der Waals surface area contributed by atoms with Gasteiger partial charge in [-0.3, -0.25) is 4.57 Å². The third-order valence-electron chi connectivity index (χ3n) is 2.64. The third kappa shape index (κ3) is 3.05. The molecule has 0 saturated carbocycles. The molecule has 0 spiro atoms. The van der Waals surface area contributed by atoms with Crippen molar-refractivity contribution in [3.63, 3.8) is 0 Å². The quantitative estimate of drug-likeness (QED) is 0.886. The van der Waals surface area contributed by atoms with Gasteiger partial charge in [-0.25, -0.2) is 14.3 Å². The molecule has 1 aromatic carbocycles. The van der Waals surface area contributed by atoms with Gasteiger partial charge in [-0.2, -0.15) is 0 Å². The zero-order chi connectivity index (χ0) is 14.0. The summed E-state index contributed by atoms with van der Waals surface area (Å²) >= 11 is 1.24. The fourth-order valence-corrected chi connectivity index (χ4v) is 2.64. The topological polar surface area (TPSA) is 76.7 Å². The van der Waals surface area contributed by atoms with Crippen LogP contribution in [0.4, 0.5) is 4.39 Å². The molecule has 102 valence electrons. The van der Waals surface area contributed by atoms with Crippen LogP contribution in [0.15, 0.2) is 33.0 Å². The number of aromatic amines is 1. The van der Waals surface area contributed by atoms with E-state index in [0.717, 1.165) is 4.90 Å². The molecule has 0 aliphatic heterocycles. The van der Waals surface area contributed by atoms with Gasteiger partial charge in [0.05, 0.1) is 0 Å². The Bertz CT molecular complexity index is 635. The largest absolute Gasteiger partial charge is 0.343 e. The SMILES string of the molecule is CC(N)Cc1c(F)cccc1Sc1n[nH]c(=O)n1C. The van der Waals surface area contributed by atoms with E-state index in [0.29, 0.717) is 17.1 Å². The van der Waals surface area contributed by atoms with E-state index in [4.69, 9.17) is 5.73 Å². The molecule has 1 unspecified atom stereocenters. The minimum Gasteiger partial charge on any atom is -0.328 e. The molecular weight excluding hydrogens is 267 g/mol. The van der Waals surface area contributed by atoms with Gasteiger partial charge in [0.25, 0.3) is 0 Å². The van der Waals surface area contributed by atoms with E-state index >= 15 is 0 Å². The number of hydrogen-bond acceptors (Lipinski definition) is 4. The molecule has 0 bridgehead atoms. The second-order valence-electron chi connectivity index (χ2n) is 4.37. The van der Waals surface area contributed by atoms with E-state index in [1.807, 2.05) is 6.92 Å². The molecule has 1 aromatic heterocycles. The van der Waals surface area contributed by atoms with Crippen LogP contribution < -0.4 is 11.4 Å². The van der Waals surface area contributed by atoms with E-state index in [9.17, 15) is 9.18 Å². The molecule has 1 atom stereocenters. The summed E-state index contributed by atoms with van der Waals surface area (Å²) in [5.41, 5.74) is 5.99. The van der Waals surface area contributed by atoms with Crippen LogP contribution in [-0.4, -0.2) is 20.8 Å². The standard InChI is InChI=1S/C12H15FN4OS/c1-7(14)6-8-9(13)4-3-5-10(8)19-12-16-15-11(18)17(12)2/h3-5,7H,6,14H2,1-2H3,(H,15,18). The van der Waals surface area contributed by atoms with Gasteiger partial charge in [0, 0.05) is 23.5 Å². The number of nitrogens with two attached hydrogens (primary N) is 1. The van der Waals surface area contributed by atoms with Crippen LogP contribution in [0, 0.1) is 5.82 Å². The van der Waals surface area contributed by atoms with Crippen molar-refractivity contribution in [3.8, 4) is 0 Å². The van der Waals surface area contributed by atoms with Crippen molar-refractivity contribution in [3.05, 3.63) is 40.1 Å². The van der Waals surface area contributed by atoms with E-state index in [2.05, 4.69) is 10.2 Å². The van der Waals surface area contributed by atoms with Crippen molar-refractivity contribution in [2.45, 2.75) is 29.4 Å². The van der Waals surface area contributed by atoms with Gasteiger partial charge in [-0.15, -0.1) is 5.10 Å². The summed E-state index contributed by atoms with van der Waals surface area (Å²) in [6.07, 6.45) is 0.438. The lowest BCUT2D eigenvalue weighted by Crippen LogP contribution is -2.19. The second-order valence-corrected chi connectivity index (χ2v) is 5.38. The van der Waals surface area contributed by atoms with Crippen molar-refractivity contribution >= 4 is 11.8 Å². The molecule has 0 aliphatic carbocycles. The molecule has 0 saturated heterocycles. The molecule has 7 heteroatoms. The maximum absolute atomic E-state index is 13.9. The Morgan fingerprint density at radius 3 is 2.89 bits per heavy atom. The Hall–Kier alpha value is -1.60. The molecular formula is C12H15FN4OS. The van der Waals surface area contributed by atoms with Crippen molar-refractivity contribution in [1.29, 1.82) is 0 Å². The predicted molar refractivity (Wildman–Crippen MR) is 71.7 cm³/mol. The number of hydrogen-bond donors (Lipinski definition) is 2. The smallest absolute Gasteiger partial charge is 0.328 e. The van der Waals surface area contributed by atoms with Gasteiger partial charge in [0.1, 0.15) is 5.82 Å². The number of halogens is 1. The maximum Gasteiger partial charge on any atom is 0.343 e. The lowest BCUT2D eigenvalue weighted by molar-refractivity contribution is 0.588. The molecule has 0 radical (unpaired) electrons. The zero-order valence-electron chi connectivity index (χ0n) is 10.7. The highest BCUT2D eigenvalue weighted by atomic mass is 32.2. The third-order valence-corrected chi connectivity index (χ3v) is 3.79. The fraction of sp³-hybridized carbons (Fsp3) is 0.333. The van der Waals surface area contributed by atoms with Crippen molar-refractivity contribution in [1.82, 2.24) is 14.8 Å². The van der Waals surface area contributed by atoms with Crippen molar-refractivity contribution in [2.75, 3.05) is 0 Å². The van der Waals surface area contributed by atoms with Gasteiger partial charge in [0.2, 0.25) is 0 Å². The molecule has 19 heavy (non-hydrogen) atoms. The number of nitrogens with zero attached hydrogens (tertiary/aromatic N) is 2. The normalized spacial score (nSPS) is 12.6. The summed E-state index contributed by atoms with van der Waals surface area (Å²) in [5, 5.41) is 6.73. The van der Waals surface area contributed by atoms with Gasteiger partial charge < -0.3 is 5.73 Å². The van der Waals surface area contributed by atoms with Crippen LogP contribution in [0.3, 0.4) is 0 Å². The second kappa shape index (κ2) is 5.58. The molecule has 1 heterocycles. The minimum atomic E-state index is -0.298. The number of rotatable bonds is 4. The first-order chi connectivity index (χ1) is 8.99. The molecule has 5 nitrogen and oxygen atoms in total. The van der Waals surface area contributed by atoms with Gasteiger partial charge in [-0.05, 0) is 37.2 Å². The van der Waals surface area contributed by atoms with E-state index < -0.39 is 0 Å². The molecule has 0 aliphatic rings. The molecule has 2 rings (SSSR count). The average molecular weight is 282 g/mol. The van der Waals surface area contributed by atoms with Crippen LogP contribution in [-0.2, 0) is 13.5 Å². The fourth-order valence-electron chi connectivity index (χ4n) is 1.68. The predicted octanol–water partition coefficient (Wildman–Crippen LogP) is 1.29. The number of H-pyrrole nitrogens is 1. The Morgan fingerprint density at radius 2 is 2.32 bits per heavy atom. The first-order valence-corrected chi connectivity index (χ1v) is 6.63. The van der Waals surface area contributed by atoms with Crippen LogP contribution in [0.2, 0.25) is 0 Å². The summed E-state index contributed by atoms with van der Waals surface area (Å²) in [4.78, 5) is 12.0. The summed E-state index contributed by atoms with van der Waals surface area (Å²) in [7, 11) is 1.61. The Balaban J connectivity index is 2.37. The molecule has 0 amide bonds. The van der Waals surface area contributed by atoms with Crippen LogP contribution in [0.1, 0.15) is 12.5 Å². The van der Waals surface area contributed by atoms with E-state index in [1.165, 1.54) is 22.4 Å². The molecule has 3 N–H and O–H groups in total. The highest BCUT2D eigenvalue weighted by Crippen LogP contribution is 2.30. The summed E-state index contributed by atoms with van der Waals surface area (Å²) < 4.78 is 15.2. The van der Waals surface area contributed by atoms with E-state index in [1.54, 1.807) is 19.2 Å². The number of nitrogens with one attached hydrogen (secondary N) is 1. The highest BCUT2D eigenvalue weighted by molar-refractivity contribution is 7.99. The van der Waals surface area contributed by atoms with Crippen LogP contribution >= 0.6 is 11.8 Å². The lowest BCUT2D eigenvalue weighted by Gasteiger charge is -2.11. The first kappa shape index (κ1) is 13.8. The van der Waals surface area contributed by atoms with E-state index in [-0.39, 0.29) is 17.5 Å². The van der Waals surface area contributed by atoms with Crippen LogP contribution in [0.25, 0.3) is 0 Å². The number of benzene rings is 1. The summed E-state index contributed by atoms with van der Waals surface area (Å²) in [6, 6.07) is 4.70. The zero-order valence-corrected chi connectivity index (χ0v) is 11.5. The van der Waals surface area contributed by atoms with Gasteiger partial charge >= 0.3 is 5.69 Å². The van der Waals surface area contributed by atoms with Crippen molar-refractivity contribution in [2.24, 2.45) is 12.8 Å². The monoisotopic (exact) mass is 282 g/mol. The molecule has 2 aromatic rings. The first-order valence-electron chi connectivity index (χ1n) is 5.81.